The molecule has 0 saturated carbocycles. The molecule has 2 aromatic carbocycles. The Balaban J connectivity index is 0.000000510. The molecule has 0 aliphatic rings. The molecule has 0 atom stereocenters. The van der Waals surface area contributed by atoms with Gasteiger partial charge in [-0.15, -0.1) is 47.3 Å². The number of pyridine rings is 2. The molecule has 178 valence electrons. The third-order valence-corrected chi connectivity index (χ3v) is 4.65. The number of methoxy groups -OCH3 is 1. The third-order valence-electron chi connectivity index (χ3n) is 3.64. The molecule has 4 nitrogen and oxygen atoms in total. The summed E-state index contributed by atoms with van der Waals surface area (Å²) in [5.74, 6) is 0.651. The lowest BCUT2D eigenvalue weighted by molar-refractivity contribution is 0.415. The molecule has 0 unspecified atom stereocenters. The third kappa shape index (κ3) is 10.4. The largest absolute Gasteiger partial charge is 0.506 e. The van der Waals surface area contributed by atoms with Gasteiger partial charge >= 0.3 is 3.18 Å². The van der Waals surface area contributed by atoms with Gasteiger partial charge in [0.2, 0.25) is 0 Å². The topological polar surface area (TPSA) is 55.2 Å². The van der Waals surface area contributed by atoms with Gasteiger partial charge in [0, 0.05) is 35.3 Å². The average molecular weight is 725 g/mol. The molecule has 33 heavy (non-hydrogen) atoms. The molecular formula is C21H20BBr3Cl4N2O2. The van der Waals surface area contributed by atoms with Crippen LogP contribution < -0.4 is 4.74 Å². The van der Waals surface area contributed by atoms with E-state index in [-0.39, 0.29) is 23.8 Å². The zero-order valence-corrected chi connectivity index (χ0v) is 23.4. The van der Waals surface area contributed by atoms with Crippen LogP contribution in [0.15, 0.2) is 48.8 Å². The van der Waals surface area contributed by atoms with Crippen molar-refractivity contribution in [1.82, 2.24) is 9.97 Å². The number of rotatable bonds is 1. The fourth-order valence-corrected chi connectivity index (χ4v) is 3.12. The maximum Gasteiger partial charge on any atom is 0.369 e. The van der Waals surface area contributed by atoms with E-state index in [4.69, 9.17) is 51.1 Å². The van der Waals surface area contributed by atoms with E-state index < -0.39 is 0 Å². The van der Waals surface area contributed by atoms with Crippen molar-refractivity contribution in [2.75, 3.05) is 7.11 Å². The van der Waals surface area contributed by atoms with E-state index in [1.165, 1.54) is 12.3 Å². The highest BCUT2D eigenvalue weighted by molar-refractivity contribution is 9.69. The summed E-state index contributed by atoms with van der Waals surface area (Å²) >= 11 is 32.5. The predicted molar refractivity (Wildman–Crippen MR) is 158 cm³/mol. The fourth-order valence-electron chi connectivity index (χ4n) is 2.37. The van der Waals surface area contributed by atoms with Crippen molar-refractivity contribution in [3.8, 4) is 11.5 Å². The van der Waals surface area contributed by atoms with Crippen molar-refractivity contribution in [2.24, 2.45) is 0 Å². The molecule has 0 bridgehead atoms. The Morgan fingerprint density at radius 3 is 1.64 bits per heavy atom. The summed E-state index contributed by atoms with van der Waals surface area (Å²) in [5.41, 5.74) is 1.49. The van der Waals surface area contributed by atoms with Crippen molar-refractivity contribution >= 4 is 119 Å². The molecule has 2 heterocycles. The maximum absolute atomic E-state index is 9.28. The van der Waals surface area contributed by atoms with Crippen molar-refractivity contribution < 1.29 is 9.84 Å². The molecule has 0 spiro atoms. The molecule has 4 rings (SSSR count). The summed E-state index contributed by atoms with van der Waals surface area (Å²) in [7, 11) is 1.57. The van der Waals surface area contributed by atoms with Crippen LogP contribution in [0.25, 0.3) is 21.8 Å². The number of hydrogen-bond donors (Lipinski definition) is 1. The number of aromatic nitrogens is 2. The molecule has 12 heteroatoms. The highest BCUT2D eigenvalue weighted by Crippen LogP contribution is 2.30. The Labute approximate surface area is 238 Å². The average Bonchev–Trinajstić information content (AvgIpc) is 2.68. The number of benzene rings is 2. The van der Waals surface area contributed by atoms with E-state index in [1.54, 1.807) is 37.6 Å². The van der Waals surface area contributed by atoms with Gasteiger partial charge in [0.15, 0.2) is 0 Å². The van der Waals surface area contributed by atoms with Crippen molar-refractivity contribution in [1.29, 1.82) is 0 Å². The van der Waals surface area contributed by atoms with E-state index >= 15 is 0 Å². The summed E-state index contributed by atoms with van der Waals surface area (Å²) < 4.78 is 5.35. The Hall–Kier alpha value is -0.475. The van der Waals surface area contributed by atoms with Crippen molar-refractivity contribution in [2.45, 2.75) is 14.9 Å². The minimum Gasteiger partial charge on any atom is -0.506 e. The van der Waals surface area contributed by atoms with Gasteiger partial charge in [-0.1, -0.05) is 61.3 Å². The Kier molecular flexibility index (Phi) is 15.3. The van der Waals surface area contributed by atoms with Gasteiger partial charge in [0.1, 0.15) is 11.5 Å². The summed E-state index contributed by atoms with van der Waals surface area (Å²) in [5, 5.41) is 13.0. The normalized spacial score (nSPS) is 9.45. The highest BCUT2D eigenvalue weighted by Gasteiger charge is 2.04. The monoisotopic (exact) mass is 720 g/mol. The molecular weight excluding hydrogens is 705 g/mol. The van der Waals surface area contributed by atoms with E-state index in [0.717, 1.165) is 16.3 Å². The van der Waals surface area contributed by atoms with E-state index in [9.17, 15) is 5.11 Å². The number of phenolic OH excluding ortho intramolecular Hbond substituents is 1. The first-order valence-electron chi connectivity index (χ1n) is 8.25. The minimum absolute atomic E-state index is 0. The smallest absolute Gasteiger partial charge is 0.369 e. The van der Waals surface area contributed by atoms with Gasteiger partial charge in [-0.3, -0.25) is 9.97 Å². The van der Waals surface area contributed by atoms with Gasteiger partial charge in [-0.05, 0) is 24.3 Å². The number of phenols is 1. The Bertz CT molecular complexity index is 1200. The SMILES string of the molecule is BrB(Br)Br.C.C.COc1cc2ncc(Cl)cc2cc1Cl.Oc1cc2ncc(Cl)cc2cc1Cl. The van der Waals surface area contributed by atoms with Gasteiger partial charge in [-0.25, -0.2) is 0 Å². The number of fused-ring (bicyclic) bond motifs is 2. The van der Waals surface area contributed by atoms with Gasteiger partial charge in [-0.2, -0.15) is 0 Å². The van der Waals surface area contributed by atoms with Crippen LogP contribution in [0.1, 0.15) is 14.9 Å². The standard InChI is InChI=1S/C10H7Cl2NO.C9H5Cl2NO.2CH4.BBr3/c1-14-10-4-9-6(3-8(10)12)2-7(11)5-13-9;10-6-1-5-2-7(11)9(13)3-8(5)12-4-6;;;2-1(3)4/h2-5H,1H3;1-4,13H;2*1H4;. The number of ether oxygens (including phenoxy) is 1. The summed E-state index contributed by atoms with van der Waals surface area (Å²) in [6.45, 7) is 0. The van der Waals surface area contributed by atoms with Gasteiger partial charge in [0.05, 0.1) is 38.2 Å². The van der Waals surface area contributed by atoms with E-state index in [2.05, 4.69) is 57.2 Å². The molecule has 0 aliphatic heterocycles. The Morgan fingerprint density at radius 1 is 0.758 bits per heavy atom. The molecule has 4 aromatic rings. The molecule has 0 saturated heterocycles. The number of aromatic hydroxyl groups is 1. The van der Waals surface area contributed by atoms with Crippen LogP contribution in [0.5, 0.6) is 11.5 Å². The van der Waals surface area contributed by atoms with Crippen LogP contribution in [0.4, 0.5) is 0 Å². The first-order chi connectivity index (χ1) is 14.6. The van der Waals surface area contributed by atoms with Crippen molar-refractivity contribution in [3.05, 3.63) is 68.9 Å². The second-order valence-corrected chi connectivity index (χ2v) is 13.9. The van der Waals surface area contributed by atoms with Gasteiger partial charge in [0.25, 0.3) is 0 Å². The second kappa shape index (κ2) is 15.5. The summed E-state index contributed by atoms with van der Waals surface area (Å²) in [4.78, 5) is 8.19. The molecule has 2 aromatic heterocycles. The molecule has 0 fully saturated rings. The van der Waals surface area contributed by atoms with Crippen LogP contribution in [0.3, 0.4) is 0 Å². The second-order valence-electron chi connectivity index (χ2n) is 5.73. The quantitative estimate of drug-likeness (QED) is 0.199. The zero-order chi connectivity index (χ0) is 23.1. The Morgan fingerprint density at radius 2 is 1.18 bits per heavy atom. The minimum atomic E-state index is 0. The highest BCUT2D eigenvalue weighted by atomic mass is 79.9. The van der Waals surface area contributed by atoms with Crippen molar-refractivity contribution in [3.63, 3.8) is 0 Å². The number of halogens is 7. The molecule has 0 aliphatic carbocycles. The molecule has 0 amide bonds. The molecule has 1 N–H and O–H groups in total. The van der Waals surface area contributed by atoms with Crippen LogP contribution in [-0.2, 0) is 0 Å². The first kappa shape index (κ1) is 32.5. The van der Waals surface area contributed by atoms with Crippen LogP contribution in [0.2, 0.25) is 20.1 Å². The fraction of sp³-hybridized carbons (Fsp3) is 0.143. The lowest BCUT2D eigenvalue weighted by atomic mass is 10.2. The molecule has 0 radical (unpaired) electrons. The predicted octanol–water partition coefficient (Wildman–Crippen LogP) is 10.2. The van der Waals surface area contributed by atoms with E-state index in [0.29, 0.717) is 31.4 Å². The summed E-state index contributed by atoms with van der Waals surface area (Å²) in [6.07, 6.45) is 3.12. The first-order valence-corrected chi connectivity index (χ1v) is 12.5. The van der Waals surface area contributed by atoms with Gasteiger partial charge < -0.3 is 9.84 Å². The lowest BCUT2D eigenvalue weighted by Gasteiger charge is -2.04. The maximum atomic E-state index is 9.28. The summed E-state index contributed by atoms with van der Waals surface area (Å²) in [6, 6.07) is 10.3. The van der Waals surface area contributed by atoms with E-state index in [1.807, 2.05) is 6.07 Å². The van der Waals surface area contributed by atoms with Crippen LogP contribution in [-0.4, -0.2) is 25.4 Å². The number of hydrogen-bond acceptors (Lipinski definition) is 4. The van der Waals surface area contributed by atoms with Crippen LogP contribution in [0, 0.1) is 0 Å². The number of nitrogens with zero attached hydrogens (tertiary/aromatic N) is 2. The van der Waals surface area contributed by atoms with Crippen LogP contribution >= 0.6 is 93.7 Å². The lowest BCUT2D eigenvalue weighted by Crippen LogP contribution is -1.86. The zero-order valence-electron chi connectivity index (χ0n) is 15.6.